The zero-order valence-electron chi connectivity index (χ0n) is 8.83. The Balaban J connectivity index is 2.20. The van der Waals surface area contributed by atoms with E-state index in [0.717, 1.165) is 5.56 Å². The van der Waals surface area contributed by atoms with Gasteiger partial charge in [-0.15, -0.1) is 0 Å². The lowest BCUT2D eigenvalue weighted by Crippen LogP contribution is -2.25. The van der Waals surface area contributed by atoms with Gasteiger partial charge in [-0.2, -0.15) is 12.6 Å². The largest absolute Gasteiger partial charge is 0.392 e. The standard InChI is InChI=1S/C11H14N2O2S/c14-6-8-1-2-12-10(3-8)13-5-9(7-16)4-11(13)15/h1-3,9,14,16H,4-7H2. The maximum absolute atomic E-state index is 11.7. The summed E-state index contributed by atoms with van der Waals surface area (Å²) in [4.78, 5) is 17.6. The molecular weight excluding hydrogens is 224 g/mol. The van der Waals surface area contributed by atoms with E-state index >= 15 is 0 Å². The predicted octanol–water partition coefficient (Wildman–Crippen LogP) is 0.857. The van der Waals surface area contributed by atoms with Gasteiger partial charge in [-0.3, -0.25) is 9.69 Å². The molecule has 1 amide bonds. The molecule has 1 aliphatic heterocycles. The molecule has 1 aliphatic rings. The molecular formula is C11H14N2O2S. The Morgan fingerprint density at radius 2 is 2.44 bits per heavy atom. The second-order valence-corrected chi connectivity index (χ2v) is 4.30. The number of pyridine rings is 1. The monoisotopic (exact) mass is 238 g/mol. The topological polar surface area (TPSA) is 53.4 Å². The van der Waals surface area contributed by atoms with Crippen molar-refractivity contribution in [2.45, 2.75) is 13.0 Å². The van der Waals surface area contributed by atoms with E-state index in [-0.39, 0.29) is 12.5 Å². The highest BCUT2D eigenvalue weighted by molar-refractivity contribution is 7.80. The molecule has 1 unspecified atom stereocenters. The van der Waals surface area contributed by atoms with E-state index in [4.69, 9.17) is 5.11 Å². The average molecular weight is 238 g/mol. The molecule has 0 radical (unpaired) electrons. The number of hydrogen-bond donors (Lipinski definition) is 2. The third-order valence-electron chi connectivity index (χ3n) is 2.73. The molecule has 0 aromatic carbocycles. The van der Waals surface area contributed by atoms with Crippen molar-refractivity contribution in [2.24, 2.45) is 5.92 Å². The van der Waals surface area contributed by atoms with Crippen LogP contribution < -0.4 is 4.90 Å². The van der Waals surface area contributed by atoms with Crippen molar-refractivity contribution in [3.05, 3.63) is 23.9 Å². The zero-order chi connectivity index (χ0) is 11.5. The minimum Gasteiger partial charge on any atom is -0.392 e. The van der Waals surface area contributed by atoms with E-state index in [0.29, 0.717) is 30.5 Å². The Morgan fingerprint density at radius 1 is 1.62 bits per heavy atom. The summed E-state index contributed by atoms with van der Waals surface area (Å²) in [5.74, 6) is 1.72. The van der Waals surface area contributed by atoms with Crippen molar-refractivity contribution in [3.63, 3.8) is 0 Å². The molecule has 1 fully saturated rings. The Morgan fingerprint density at radius 3 is 3.06 bits per heavy atom. The van der Waals surface area contributed by atoms with Gasteiger partial charge in [0.25, 0.3) is 0 Å². The maximum atomic E-state index is 11.7. The SMILES string of the molecule is O=C1CC(CS)CN1c1cc(CO)ccn1. The quantitative estimate of drug-likeness (QED) is 0.768. The molecule has 1 aromatic heterocycles. The molecule has 1 aromatic rings. The number of nitrogens with zero attached hydrogens (tertiary/aromatic N) is 2. The number of aromatic nitrogens is 1. The fourth-order valence-electron chi connectivity index (χ4n) is 1.83. The van der Waals surface area contributed by atoms with Crippen LogP contribution in [0.4, 0.5) is 5.82 Å². The smallest absolute Gasteiger partial charge is 0.228 e. The third-order valence-corrected chi connectivity index (χ3v) is 3.25. The summed E-state index contributed by atoms with van der Waals surface area (Å²) in [6.07, 6.45) is 2.15. The number of aliphatic hydroxyl groups is 1. The van der Waals surface area contributed by atoms with Crippen LogP contribution in [0.3, 0.4) is 0 Å². The molecule has 2 heterocycles. The van der Waals surface area contributed by atoms with Gasteiger partial charge in [0, 0.05) is 19.2 Å². The first kappa shape index (κ1) is 11.4. The number of rotatable bonds is 3. The normalized spacial score (nSPS) is 20.5. The van der Waals surface area contributed by atoms with Gasteiger partial charge in [0.15, 0.2) is 0 Å². The fraction of sp³-hybridized carbons (Fsp3) is 0.455. The highest BCUT2D eigenvalue weighted by Crippen LogP contribution is 2.24. The Hall–Kier alpha value is -1.07. The average Bonchev–Trinajstić information content (AvgIpc) is 2.71. The molecule has 4 nitrogen and oxygen atoms in total. The lowest BCUT2D eigenvalue weighted by molar-refractivity contribution is -0.117. The molecule has 1 saturated heterocycles. The number of thiol groups is 1. The molecule has 86 valence electrons. The van der Waals surface area contributed by atoms with Crippen molar-refractivity contribution in [1.29, 1.82) is 0 Å². The van der Waals surface area contributed by atoms with Gasteiger partial charge in [0.2, 0.25) is 5.91 Å². The van der Waals surface area contributed by atoms with E-state index in [1.54, 1.807) is 23.2 Å². The van der Waals surface area contributed by atoms with Crippen molar-refractivity contribution in [1.82, 2.24) is 4.98 Å². The van der Waals surface area contributed by atoms with Crippen molar-refractivity contribution in [3.8, 4) is 0 Å². The molecule has 1 N–H and O–H groups in total. The number of hydrogen-bond acceptors (Lipinski definition) is 4. The first-order chi connectivity index (χ1) is 7.74. The number of carbonyl (C=O) groups excluding carboxylic acids is 1. The van der Waals surface area contributed by atoms with E-state index in [9.17, 15) is 4.79 Å². The van der Waals surface area contributed by atoms with Crippen LogP contribution in [0.2, 0.25) is 0 Å². The Bertz CT molecular complexity index is 397. The number of aliphatic hydroxyl groups excluding tert-OH is 1. The lowest BCUT2D eigenvalue weighted by atomic mass is 10.1. The highest BCUT2D eigenvalue weighted by Gasteiger charge is 2.30. The van der Waals surface area contributed by atoms with Gasteiger partial charge in [0.05, 0.1) is 6.61 Å². The van der Waals surface area contributed by atoms with Crippen molar-refractivity contribution in [2.75, 3.05) is 17.2 Å². The van der Waals surface area contributed by atoms with Crippen LogP contribution in [0.15, 0.2) is 18.3 Å². The van der Waals surface area contributed by atoms with Gasteiger partial charge in [0.1, 0.15) is 5.82 Å². The summed E-state index contributed by atoms with van der Waals surface area (Å²) in [6, 6.07) is 3.49. The lowest BCUT2D eigenvalue weighted by Gasteiger charge is -2.15. The van der Waals surface area contributed by atoms with E-state index in [1.165, 1.54) is 0 Å². The molecule has 0 bridgehead atoms. The summed E-state index contributed by atoms with van der Waals surface area (Å²) >= 11 is 4.21. The van der Waals surface area contributed by atoms with Crippen molar-refractivity contribution >= 4 is 24.4 Å². The summed E-state index contributed by atoms with van der Waals surface area (Å²) in [5.41, 5.74) is 0.770. The second kappa shape index (κ2) is 4.84. The first-order valence-electron chi connectivity index (χ1n) is 5.21. The fourth-order valence-corrected chi connectivity index (χ4v) is 2.08. The van der Waals surface area contributed by atoms with Crippen LogP contribution in [-0.4, -0.2) is 28.3 Å². The van der Waals surface area contributed by atoms with Crippen LogP contribution in [0, 0.1) is 5.92 Å². The van der Waals surface area contributed by atoms with Gasteiger partial charge >= 0.3 is 0 Å². The molecule has 5 heteroatoms. The zero-order valence-corrected chi connectivity index (χ0v) is 9.73. The van der Waals surface area contributed by atoms with E-state index in [2.05, 4.69) is 17.6 Å². The predicted molar refractivity (Wildman–Crippen MR) is 64.5 cm³/mol. The maximum Gasteiger partial charge on any atom is 0.228 e. The van der Waals surface area contributed by atoms with Crippen LogP contribution in [0.1, 0.15) is 12.0 Å². The summed E-state index contributed by atoms with van der Waals surface area (Å²) in [6.45, 7) is 0.637. The number of anilines is 1. The van der Waals surface area contributed by atoms with Crippen molar-refractivity contribution < 1.29 is 9.90 Å². The van der Waals surface area contributed by atoms with Crippen LogP contribution in [-0.2, 0) is 11.4 Å². The molecule has 16 heavy (non-hydrogen) atoms. The molecule has 2 rings (SSSR count). The minimum absolute atomic E-state index is 0.0342. The summed E-state index contributed by atoms with van der Waals surface area (Å²) < 4.78 is 0. The highest BCUT2D eigenvalue weighted by atomic mass is 32.1. The number of amides is 1. The van der Waals surface area contributed by atoms with Crippen LogP contribution in [0.25, 0.3) is 0 Å². The van der Waals surface area contributed by atoms with Gasteiger partial charge in [-0.05, 0) is 29.4 Å². The van der Waals surface area contributed by atoms with Crippen LogP contribution >= 0.6 is 12.6 Å². The third kappa shape index (κ3) is 2.20. The molecule has 1 atom stereocenters. The summed E-state index contributed by atoms with van der Waals surface area (Å²) in [5, 5.41) is 9.03. The number of carbonyl (C=O) groups is 1. The van der Waals surface area contributed by atoms with Gasteiger partial charge < -0.3 is 5.11 Å². The molecule has 0 spiro atoms. The first-order valence-corrected chi connectivity index (χ1v) is 5.85. The Labute approximate surface area is 99.7 Å². The Kier molecular flexibility index (Phi) is 3.46. The van der Waals surface area contributed by atoms with E-state index < -0.39 is 0 Å². The molecule has 0 aliphatic carbocycles. The minimum atomic E-state index is -0.0342. The van der Waals surface area contributed by atoms with Gasteiger partial charge in [-0.1, -0.05) is 0 Å². The van der Waals surface area contributed by atoms with E-state index in [1.807, 2.05) is 0 Å². The molecule has 0 saturated carbocycles. The second-order valence-electron chi connectivity index (χ2n) is 3.94. The van der Waals surface area contributed by atoms with Gasteiger partial charge in [-0.25, -0.2) is 4.98 Å². The van der Waals surface area contributed by atoms with Crippen LogP contribution in [0.5, 0.6) is 0 Å². The summed E-state index contributed by atoms with van der Waals surface area (Å²) in [7, 11) is 0.